The van der Waals surface area contributed by atoms with E-state index in [0.717, 1.165) is 31.6 Å². The van der Waals surface area contributed by atoms with E-state index < -0.39 is 5.60 Å². The predicted octanol–water partition coefficient (Wildman–Crippen LogP) is 1.58. The van der Waals surface area contributed by atoms with Crippen LogP contribution in [0.4, 0.5) is 0 Å². The fourth-order valence-corrected chi connectivity index (χ4v) is 1.41. The molecule has 2 heteroatoms. The molecule has 10 heavy (non-hydrogen) atoms. The lowest BCUT2D eigenvalue weighted by Gasteiger charge is -2.30. The second-order valence-corrected chi connectivity index (χ2v) is 3.43. The average Bonchev–Trinajstić information content (AvgIpc) is 1.96. The molecule has 0 aromatic heterocycles. The molecule has 1 rings (SSSR count). The molecule has 58 valence electrons. The molecule has 0 atom stereocenters. The number of hydrogen-bond donors (Lipinski definition) is 2. The van der Waals surface area contributed by atoms with Gasteiger partial charge in [0.05, 0.1) is 5.60 Å². The van der Waals surface area contributed by atoms with Gasteiger partial charge in [0.1, 0.15) is 0 Å². The van der Waals surface area contributed by atoms with Gasteiger partial charge < -0.3 is 10.5 Å². The van der Waals surface area contributed by atoms with Crippen LogP contribution in [0.5, 0.6) is 0 Å². The molecule has 0 spiro atoms. The van der Waals surface area contributed by atoms with Crippen molar-refractivity contribution in [2.75, 3.05) is 0 Å². The minimum Gasteiger partial charge on any atom is -0.384 e. The quantitative estimate of drug-likeness (QED) is 0.535. The van der Waals surface area contributed by atoms with E-state index >= 15 is 0 Å². The Labute approximate surface area is 61.8 Å². The van der Waals surface area contributed by atoms with Crippen LogP contribution in [0, 0.1) is 11.3 Å². The van der Waals surface area contributed by atoms with Crippen molar-refractivity contribution in [3.05, 3.63) is 0 Å². The van der Waals surface area contributed by atoms with Crippen LogP contribution in [0.2, 0.25) is 0 Å². The first kappa shape index (κ1) is 7.73. The fraction of sp³-hybridized carbons (Fsp3) is 0.875. The van der Waals surface area contributed by atoms with Gasteiger partial charge in [0.15, 0.2) is 0 Å². The van der Waals surface area contributed by atoms with E-state index in [-0.39, 0.29) is 0 Å². The highest BCUT2D eigenvalue weighted by Crippen LogP contribution is 2.29. The van der Waals surface area contributed by atoms with Gasteiger partial charge in [0.2, 0.25) is 0 Å². The number of hydrogen-bond acceptors (Lipinski definition) is 2. The lowest BCUT2D eigenvalue weighted by Crippen LogP contribution is -2.34. The highest BCUT2D eigenvalue weighted by Gasteiger charge is 2.29. The topological polar surface area (TPSA) is 44.1 Å². The summed E-state index contributed by atoms with van der Waals surface area (Å²) in [6.45, 7) is 2.20. The molecule has 0 aromatic carbocycles. The van der Waals surface area contributed by atoms with Crippen molar-refractivity contribution in [2.45, 2.75) is 38.2 Å². The third-order valence-electron chi connectivity index (χ3n) is 2.41. The molecule has 0 heterocycles. The van der Waals surface area contributed by atoms with Gasteiger partial charge in [-0.25, -0.2) is 0 Å². The molecule has 0 bridgehead atoms. The zero-order chi connectivity index (χ0) is 7.61. The summed E-state index contributed by atoms with van der Waals surface area (Å²) < 4.78 is 0. The molecule has 0 amide bonds. The van der Waals surface area contributed by atoms with Gasteiger partial charge in [-0.15, -0.1) is 0 Å². The minimum absolute atomic E-state index is 0.736. The van der Waals surface area contributed by atoms with Crippen molar-refractivity contribution in [3.8, 4) is 0 Å². The van der Waals surface area contributed by atoms with Crippen molar-refractivity contribution in [1.29, 1.82) is 5.41 Å². The maximum atomic E-state index is 9.55. The lowest BCUT2D eigenvalue weighted by molar-refractivity contribution is 0.0606. The molecule has 0 aromatic rings. The van der Waals surface area contributed by atoms with Crippen LogP contribution in [0.15, 0.2) is 0 Å². The third kappa shape index (κ3) is 1.57. The molecule has 0 saturated heterocycles. The molecular weight excluding hydrogens is 126 g/mol. The molecule has 1 aliphatic rings. The van der Waals surface area contributed by atoms with Crippen LogP contribution in [0.1, 0.15) is 32.6 Å². The molecule has 2 N–H and O–H groups in total. The van der Waals surface area contributed by atoms with E-state index in [1.165, 1.54) is 6.21 Å². The van der Waals surface area contributed by atoms with Crippen LogP contribution in [0.25, 0.3) is 0 Å². The summed E-state index contributed by atoms with van der Waals surface area (Å²) in [6.07, 6.45) is 4.87. The van der Waals surface area contributed by atoms with Crippen molar-refractivity contribution >= 4 is 6.21 Å². The van der Waals surface area contributed by atoms with Crippen molar-refractivity contribution in [2.24, 2.45) is 5.92 Å². The molecule has 0 unspecified atom stereocenters. The van der Waals surface area contributed by atoms with Gasteiger partial charge in [0, 0.05) is 6.21 Å². The number of rotatable bonds is 1. The van der Waals surface area contributed by atoms with E-state index in [2.05, 4.69) is 6.92 Å². The molecule has 1 aliphatic carbocycles. The van der Waals surface area contributed by atoms with Crippen molar-refractivity contribution in [1.82, 2.24) is 0 Å². The molecular formula is C8H15NO. The highest BCUT2D eigenvalue weighted by atomic mass is 16.3. The molecule has 1 fully saturated rings. The SMILES string of the molecule is CC1CCC(O)(C=N)CC1. The molecule has 0 aliphatic heterocycles. The van der Waals surface area contributed by atoms with E-state index in [1.54, 1.807) is 0 Å². The van der Waals surface area contributed by atoms with E-state index in [4.69, 9.17) is 5.41 Å². The maximum Gasteiger partial charge on any atom is 0.0990 e. The van der Waals surface area contributed by atoms with Gasteiger partial charge in [0.25, 0.3) is 0 Å². The summed E-state index contributed by atoms with van der Waals surface area (Å²) >= 11 is 0. The van der Waals surface area contributed by atoms with Crippen molar-refractivity contribution < 1.29 is 5.11 Å². The summed E-state index contributed by atoms with van der Waals surface area (Å²) in [5.74, 6) is 0.736. The zero-order valence-electron chi connectivity index (χ0n) is 6.43. The summed E-state index contributed by atoms with van der Waals surface area (Å²) in [5.41, 5.74) is -0.757. The predicted molar refractivity (Wildman–Crippen MR) is 41.4 cm³/mol. The van der Waals surface area contributed by atoms with Crippen LogP contribution in [-0.2, 0) is 0 Å². The van der Waals surface area contributed by atoms with E-state index in [9.17, 15) is 5.11 Å². The third-order valence-corrected chi connectivity index (χ3v) is 2.41. The number of aliphatic hydroxyl groups is 1. The number of nitrogens with one attached hydrogen (secondary N) is 1. The molecule has 2 nitrogen and oxygen atoms in total. The summed E-state index contributed by atoms with van der Waals surface area (Å²) in [5, 5.41) is 16.5. The van der Waals surface area contributed by atoms with Gasteiger partial charge in [-0.05, 0) is 31.6 Å². The van der Waals surface area contributed by atoms with Crippen LogP contribution in [0.3, 0.4) is 0 Å². The maximum absolute atomic E-state index is 9.55. The second kappa shape index (κ2) is 2.70. The average molecular weight is 141 g/mol. The van der Waals surface area contributed by atoms with Gasteiger partial charge in [-0.3, -0.25) is 0 Å². The highest BCUT2D eigenvalue weighted by molar-refractivity contribution is 5.64. The van der Waals surface area contributed by atoms with Crippen LogP contribution >= 0.6 is 0 Å². The first-order valence-electron chi connectivity index (χ1n) is 3.90. The largest absolute Gasteiger partial charge is 0.384 e. The first-order valence-corrected chi connectivity index (χ1v) is 3.90. The Morgan fingerprint density at radius 3 is 2.40 bits per heavy atom. The summed E-state index contributed by atoms with van der Waals surface area (Å²) in [7, 11) is 0. The summed E-state index contributed by atoms with van der Waals surface area (Å²) in [6, 6.07) is 0. The van der Waals surface area contributed by atoms with E-state index in [0.29, 0.717) is 0 Å². The Balaban J connectivity index is 2.46. The zero-order valence-corrected chi connectivity index (χ0v) is 6.43. The Morgan fingerprint density at radius 2 is 2.00 bits per heavy atom. The molecule has 0 radical (unpaired) electrons. The summed E-state index contributed by atoms with van der Waals surface area (Å²) in [4.78, 5) is 0. The van der Waals surface area contributed by atoms with Crippen molar-refractivity contribution in [3.63, 3.8) is 0 Å². The second-order valence-electron chi connectivity index (χ2n) is 3.43. The van der Waals surface area contributed by atoms with Gasteiger partial charge >= 0.3 is 0 Å². The first-order chi connectivity index (χ1) is 4.66. The Bertz CT molecular complexity index is 125. The van der Waals surface area contributed by atoms with Gasteiger partial charge in [-0.2, -0.15) is 0 Å². The standard InChI is InChI=1S/C8H15NO/c1-7-2-4-8(10,6-9)5-3-7/h6-7,9-10H,2-5H2,1H3. The normalized spacial score (nSPS) is 41.2. The van der Waals surface area contributed by atoms with E-state index in [1.807, 2.05) is 0 Å². The van der Waals surface area contributed by atoms with Gasteiger partial charge in [-0.1, -0.05) is 6.92 Å². The minimum atomic E-state index is -0.757. The Morgan fingerprint density at radius 1 is 1.50 bits per heavy atom. The van der Waals surface area contributed by atoms with Crippen LogP contribution < -0.4 is 0 Å². The molecule has 1 saturated carbocycles. The van der Waals surface area contributed by atoms with Crippen LogP contribution in [-0.4, -0.2) is 16.9 Å². The lowest BCUT2D eigenvalue weighted by atomic mass is 9.80. The fourth-order valence-electron chi connectivity index (χ4n) is 1.41. The Hall–Kier alpha value is -0.370. The smallest absolute Gasteiger partial charge is 0.0990 e. The Kier molecular flexibility index (Phi) is 2.09. The monoisotopic (exact) mass is 141 g/mol.